The first-order valence-corrected chi connectivity index (χ1v) is 7.88. The molecule has 1 heterocycles. The molecule has 0 spiro atoms. The molecule has 24 heavy (non-hydrogen) atoms. The minimum Gasteiger partial charge on any atom is -0.382 e. The van der Waals surface area contributed by atoms with Crippen LogP contribution in [-0.2, 0) is 18.3 Å². The van der Waals surface area contributed by atoms with Crippen LogP contribution in [0.2, 0.25) is 0 Å². The molecule has 132 valence electrons. The highest BCUT2D eigenvalue weighted by atomic mass is 127. The Balaban J connectivity index is 0.00000288. The lowest BCUT2D eigenvalue weighted by Crippen LogP contribution is -2.32. The molecule has 0 atom stereocenters. The summed E-state index contributed by atoms with van der Waals surface area (Å²) >= 11 is 0. The second-order valence-electron chi connectivity index (χ2n) is 5.28. The topological polar surface area (TPSA) is 77.5 Å². The van der Waals surface area contributed by atoms with Crippen LogP contribution in [0.1, 0.15) is 18.9 Å². The van der Waals surface area contributed by atoms with Crippen molar-refractivity contribution in [3.63, 3.8) is 0 Å². The molecule has 0 radical (unpaired) electrons. The van der Waals surface area contributed by atoms with Crippen molar-refractivity contribution in [1.82, 2.24) is 15.1 Å². The number of guanidine groups is 1. The molecule has 0 aliphatic carbocycles. The summed E-state index contributed by atoms with van der Waals surface area (Å²) in [4.78, 5) is 4.37. The van der Waals surface area contributed by atoms with Gasteiger partial charge in [-0.25, -0.2) is 4.99 Å². The van der Waals surface area contributed by atoms with E-state index in [4.69, 9.17) is 10.5 Å². The molecule has 2 rings (SSSR count). The van der Waals surface area contributed by atoms with E-state index in [2.05, 4.69) is 27.5 Å². The van der Waals surface area contributed by atoms with Gasteiger partial charge in [0.1, 0.15) is 0 Å². The van der Waals surface area contributed by atoms with Crippen LogP contribution >= 0.6 is 24.0 Å². The van der Waals surface area contributed by atoms with Gasteiger partial charge in [0.05, 0.1) is 12.7 Å². The number of ether oxygens (including phenoxy) is 1. The summed E-state index contributed by atoms with van der Waals surface area (Å²) in [5.74, 6) is 0.466. The minimum absolute atomic E-state index is 0. The van der Waals surface area contributed by atoms with Crippen LogP contribution in [0.5, 0.6) is 0 Å². The fourth-order valence-electron chi connectivity index (χ4n) is 2.19. The lowest BCUT2D eigenvalue weighted by Gasteiger charge is -2.06. The number of rotatable bonds is 8. The first-order chi connectivity index (χ1) is 11.2. The second-order valence-corrected chi connectivity index (χ2v) is 5.28. The number of nitrogens with one attached hydrogen (secondary N) is 1. The van der Waals surface area contributed by atoms with E-state index >= 15 is 0 Å². The van der Waals surface area contributed by atoms with Gasteiger partial charge in [-0.2, -0.15) is 5.10 Å². The van der Waals surface area contributed by atoms with Crippen molar-refractivity contribution in [3.05, 3.63) is 42.2 Å². The molecule has 2 aromatic rings. The maximum absolute atomic E-state index is 5.87. The smallest absolute Gasteiger partial charge is 0.188 e. The van der Waals surface area contributed by atoms with Crippen LogP contribution in [0, 0.1) is 0 Å². The quantitative estimate of drug-likeness (QED) is 0.285. The zero-order valence-corrected chi connectivity index (χ0v) is 16.6. The summed E-state index contributed by atoms with van der Waals surface area (Å²) in [7, 11) is 1.91. The van der Waals surface area contributed by atoms with Crippen LogP contribution in [0.25, 0.3) is 11.1 Å². The van der Waals surface area contributed by atoms with Crippen LogP contribution in [0.3, 0.4) is 0 Å². The number of aliphatic imine (C=N–C) groups is 1. The number of aromatic nitrogens is 2. The van der Waals surface area contributed by atoms with Gasteiger partial charge in [0.25, 0.3) is 0 Å². The Morgan fingerprint density at radius 3 is 2.92 bits per heavy atom. The molecule has 0 amide bonds. The Kier molecular flexibility index (Phi) is 9.39. The molecule has 0 fully saturated rings. The molecule has 1 aromatic carbocycles. The number of aryl methyl sites for hydroxylation is 1. The molecule has 0 aliphatic heterocycles. The molecule has 1 aromatic heterocycles. The van der Waals surface area contributed by atoms with Gasteiger partial charge in [0, 0.05) is 38.6 Å². The third-order valence-electron chi connectivity index (χ3n) is 3.37. The molecule has 0 aliphatic rings. The second kappa shape index (κ2) is 11.0. The van der Waals surface area contributed by atoms with Crippen LogP contribution in [0.4, 0.5) is 0 Å². The van der Waals surface area contributed by atoms with Gasteiger partial charge in [-0.15, -0.1) is 24.0 Å². The van der Waals surface area contributed by atoms with Crippen molar-refractivity contribution >= 4 is 29.9 Å². The molecule has 7 heteroatoms. The average molecular weight is 443 g/mol. The van der Waals surface area contributed by atoms with Gasteiger partial charge < -0.3 is 15.8 Å². The van der Waals surface area contributed by atoms with E-state index < -0.39 is 0 Å². The molecule has 0 saturated heterocycles. The van der Waals surface area contributed by atoms with Gasteiger partial charge in [0.2, 0.25) is 0 Å². The highest BCUT2D eigenvalue weighted by Crippen LogP contribution is 2.19. The zero-order chi connectivity index (χ0) is 16.5. The molecule has 3 N–H and O–H groups in total. The van der Waals surface area contributed by atoms with Gasteiger partial charge in [-0.05, 0) is 30.5 Å². The first kappa shape index (κ1) is 20.4. The summed E-state index contributed by atoms with van der Waals surface area (Å²) in [6.45, 7) is 4.80. The van der Waals surface area contributed by atoms with Crippen molar-refractivity contribution in [1.29, 1.82) is 0 Å². The van der Waals surface area contributed by atoms with E-state index in [-0.39, 0.29) is 24.0 Å². The van der Waals surface area contributed by atoms with Crippen LogP contribution in [-0.4, -0.2) is 35.5 Å². The van der Waals surface area contributed by atoms with Crippen molar-refractivity contribution in [3.8, 4) is 11.1 Å². The predicted octanol–water partition coefficient (Wildman–Crippen LogP) is 2.54. The van der Waals surface area contributed by atoms with Crippen LogP contribution < -0.4 is 11.1 Å². The van der Waals surface area contributed by atoms with E-state index in [1.807, 2.05) is 38.5 Å². The van der Waals surface area contributed by atoms with Gasteiger partial charge in [-0.1, -0.05) is 18.2 Å². The third-order valence-corrected chi connectivity index (χ3v) is 3.37. The zero-order valence-electron chi connectivity index (χ0n) is 14.2. The highest BCUT2D eigenvalue weighted by Gasteiger charge is 2.01. The Bertz CT molecular complexity index is 641. The maximum Gasteiger partial charge on any atom is 0.188 e. The first-order valence-electron chi connectivity index (χ1n) is 7.88. The van der Waals surface area contributed by atoms with Gasteiger partial charge >= 0.3 is 0 Å². The normalized spacial score (nSPS) is 11.2. The Morgan fingerprint density at radius 2 is 2.21 bits per heavy atom. The summed E-state index contributed by atoms with van der Waals surface area (Å²) in [5.41, 5.74) is 9.22. The lowest BCUT2D eigenvalue weighted by atomic mass is 10.1. The average Bonchev–Trinajstić information content (AvgIpc) is 2.99. The summed E-state index contributed by atoms with van der Waals surface area (Å²) in [5, 5.41) is 7.30. The number of nitrogens with two attached hydrogens (primary N) is 1. The van der Waals surface area contributed by atoms with Crippen LogP contribution in [0.15, 0.2) is 41.7 Å². The Hall–Kier alpha value is -1.61. The van der Waals surface area contributed by atoms with E-state index in [0.717, 1.165) is 42.9 Å². The fourth-order valence-corrected chi connectivity index (χ4v) is 2.19. The maximum atomic E-state index is 5.87. The molecule has 6 nitrogen and oxygen atoms in total. The van der Waals surface area contributed by atoms with Crippen molar-refractivity contribution < 1.29 is 4.74 Å². The van der Waals surface area contributed by atoms with Gasteiger partial charge in [-0.3, -0.25) is 4.68 Å². The Labute approximate surface area is 160 Å². The molecule has 0 unspecified atom stereocenters. The van der Waals surface area contributed by atoms with E-state index in [1.54, 1.807) is 4.68 Å². The lowest BCUT2D eigenvalue weighted by molar-refractivity contribution is 0.145. The van der Waals surface area contributed by atoms with E-state index in [0.29, 0.717) is 12.5 Å². The van der Waals surface area contributed by atoms with Crippen molar-refractivity contribution in [2.45, 2.75) is 19.9 Å². The molecule has 0 saturated carbocycles. The number of benzene rings is 1. The van der Waals surface area contributed by atoms with Crippen molar-refractivity contribution in [2.75, 3.05) is 19.8 Å². The number of halogens is 1. The molecular formula is C17H26IN5O. The minimum atomic E-state index is 0. The SMILES string of the molecule is CCOCCCNC(N)=NCc1cccc(-c2cnn(C)c2)c1.I. The number of hydrogen-bond acceptors (Lipinski definition) is 3. The largest absolute Gasteiger partial charge is 0.382 e. The fraction of sp³-hybridized carbons (Fsp3) is 0.412. The summed E-state index contributed by atoms with van der Waals surface area (Å²) < 4.78 is 7.07. The Morgan fingerprint density at radius 1 is 1.38 bits per heavy atom. The predicted molar refractivity (Wildman–Crippen MR) is 108 cm³/mol. The monoisotopic (exact) mass is 443 g/mol. The molecular weight excluding hydrogens is 417 g/mol. The highest BCUT2D eigenvalue weighted by molar-refractivity contribution is 14.0. The number of nitrogens with zero attached hydrogens (tertiary/aromatic N) is 3. The van der Waals surface area contributed by atoms with Crippen molar-refractivity contribution in [2.24, 2.45) is 17.8 Å². The molecule has 0 bridgehead atoms. The summed E-state index contributed by atoms with van der Waals surface area (Å²) in [6, 6.07) is 8.26. The standard InChI is InChI=1S/C17H25N5O.HI/c1-3-23-9-5-8-19-17(18)20-11-14-6-4-7-15(10-14)16-12-21-22(2)13-16;/h4,6-7,10,12-13H,3,5,8-9,11H2,1-2H3,(H3,18,19,20);1H. The summed E-state index contributed by atoms with van der Waals surface area (Å²) in [6.07, 6.45) is 4.77. The number of hydrogen-bond donors (Lipinski definition) is 2. The van der Waals surface area contributed by atoms with E-state index in [9.17, 15) is 0 Å². The van der Waals surface area contributed by atoms with Gasteiger partial charge in [0.15, 0.2) is 5.96 Å². The van der Waals surface area contributed by atoms with E-state index in [1.165, 1.54) is 0 Å². The third kappa shape index (κ3) is 6.88.